The molecule has 4 heterocycles. The van der Waals surface area contributed by atoms with Gasteiger partial charge in [0.2, 0.25) is 0 Å². The van der Waals surface area contributed by atoms with Gasteiger partial charge in [0.15, 0.2) is 11.6 Å². The average Bonchev–Trinajstić information content (AvgIpc) is 3.39. The van der Waals surface area contributed by atoms with Crippen molar-refractivity contribution in [3.05, 3.63) is 59.3 Å². The van der Waals surface area contributed by atoms with E-state index in [1.807, 2.05) is 6.92 Å². The van der Waals surface area contributed by atoms with Crippen LogP contribution in [0.3, 0.4) is 0 Å². The Morgan fingerprint density at radius 1 is 1.27 bits per heavy atom. The third-order valence-electron chi connectivity index (χ3n) is 5.64. The number of hydrogen-bond acceptors (Lipinski definition) is 6. The van der Waals surface area contributed by atoms with E-state index in [0.717, 1.165) is 0 Å². The van der Waals surface area contributed by atoms with Gasteiger partial charge in [0.05, 0.1) is 17.1 Å². The van der Waals surface area contributed by atoms with Gasteiger partial charge in [0.1, 0.15) is 11.9 Å². The lowest BCUT2D eigenvalue weighted by Gasteiger charge is -2.20. The lowest BCUT2D eigenvalue weighted by molar-refractivity contribution is 0.0567. The van der Waals surface area contributed by atoms with Crippen LogP contribution in [0.2, 0.25) is 0 Å². The summed E-state index contributed by atoms with van der Waals surface area (Å²) in [5.41, 5.74) is 9.68. The number of aryl methyl sites for hydroxylation is 1. The molecule has 8 nitrogen and oxygen atoms in total. The maximum Gasteiger partial charge on any atom is 0.333 e. The van der Waals surface area contributed by atoms with Gasteiger partial charge in [-0.2, -0.15) is 13.9 Å². The minimum Gasteiger partial charge on any atom is -0.482 e. The zero-order valence-corrected chi connectivity index (χ0v) is 17.8. The third-order valence-corrected chi connectivity index (χ3v) is 5.64. The van der Waals surface area contributed by atoms with Crippen molar-refractivity contribution in [3.63, 3.8) is 0 Å². The highest BCUT2D eigenvalue weighted by Crippen LogP contribution is 2.38. The van der Waals surface area contributed by atoms with E-state index >= 15 is 0 Å². The number of halogens is 3. The number of alkyl halides is 2. The number of ether oxygens (including phenoxy) is 1. The lowest BCUT2D eigenvalue weighted by atomic mass is 9.95. The molecule has 170 valence electrons. The van der Waals surface area contributed by atoms with Gasteiger partial charge in [-0.15, -0.1) is 5.10 Å². The molecule has 0 spiro atoms. The van der Waals surface area contributed by atoms with Crippen molar-refractivity contribution in [2.75, 3.05) is 5.73 Å². The molecule has 4 aromatic rings. The van der Waals surface area contributed by atoms with Crippen molar-refractivity contribution in [1.29, 1.82) is 0 Å². The van der Waals surface area contributed by atoms with Crippen molar-refractivity contribution in [2.24, 2.45) is 0 Å². The highest BCUT2D eigenvalue weighted by molar-refractivity contribution is 5.71. The Morgan fingerprint density at radius 2 is 2.09 bits per heavy atom. The van der Waals surface area contributed by atoms with Crippen molar-refractivity contribution in [2.45, 2.75) is 39.5 Å². The van der Waals surface area contributed by atoms with Crippen LogP contribution in [0.25, 0.3) is 22.5 Å². The van der Waals surface area contributed by atoms with Crippen LogP contribution < -0.4 is 10.5 Å². The lowest BCUT2D eigenvalue weighted by Crippen LogP contribution is -2.10. The molecule has 1 aromatic carbocycles. The minimum atomic E-state index is -2.84. The van der Waals surface area contributed by atoms with E-state index < -0.39 is 18.5 Å². The minimum absolute atomic E-state index is 0.167. The van der Waals surface area contributed by atoms with Gasteiger partial charge in [-0.25, -0.2) is 18.7 Å². The maximum absolute atomic E-state index is 14.2. The molecule has 0 fully saturated rings. The average molecular weight is 455 g/mol. The molecule has 2 N–H and O–H groups in total. The molecule has 1 aliphatic heterocycles. The largest absolute Gasteiger partial charge is 0.482 e. The standard InChI is InChI=1S/C22H20F3N7O/c1-3-31-20-12-7-18(21(26)27-9-12)33-11(2)16-8-14(23)4-5-15(16)19-13(6-17(20)28-30-31)10-32(29-19)22(24)25/h4-5,7-11,22H,3,6H2,1-2H3,(H2,26,27). The van der Waals surface area contributed by atoms with Crippen LogP contribution in [-0.2, 0) is 13.0 Å². The summed E-state index contributed by atoms with van der Waals surface area (Å²) in [6.45, 7) is 1.34. The van der Waals surface area contributed by atoms with E-state index in [-0.39, 0.29) is 12.2 Å². The molecular formula is C22H20F3N7O. The fourth-order valence-corrected chi connectivity index (χ4v) is 4.09. The maximum atomic E-state index is 14.2. The summed E-state index contributed by atoms with van der Waals surface area (Å²) in [5.74, 6) is -0.0107. The smallest absolute Gasteiger partial charge is 0.333 e. The van der Waals surface area contributed by atoms with E-state index in [4.69, 9.17) is 10.5 Å². The van der Waals surface area contributed by atoms with Crippen LogP contribution in [-0.4, -0.2) is 29.8 Å². The molecule has 11 heteroatoms. The number of anilines is 1. The van der Waals surface area contributed by atoms with Crippen LogP contribution in [0, 0.1) is 5.82 Å². The fraction of sp³-hybridized carbons (Fsp3) is 0.273. The zero-order valence-electron chi connectivity index (χ0n) is 17.8. The van der Waals surface area contributed by atoms with Gasteiger partial charge < -0.3 is 10.5 Å². The summed E-state index contributed by atoms with van der Waals surface area (Å²) in [6, 6.07) is 5.82. The topological polar surface area (TPSA) is 96.7 Å². The molecule has 1 atom stereocenters. The number of pyridine rings is 1. The van der Waals surface area contributed by atoms with Crippen LogP contribution in [0.4, 0.5) is 19.0 Å². The second-order valence-corrected chi connectivity index (χ2v) is 7.74. The van der Waals surface area contributed by atoms with Gasteiger partial charge in [-0.05, 0) is 38.1 Å². The number of nitrogen functional groups attached to an aromatic ring is 1. The number of hydrogen-bond donors (Lipinski definition) is 1. The Balaban J connectivity index is 1.81. The Labute approximate surface area is 186 Å². The summed E-state index contributed by atoms with van der Waals surface area (Å²) in [4.78, 5) is 4.26. The first-order chi connectivity index (χ1) is 15.9. The Bertz CT molecular complexity index is 1350. The first-order valence-corrected chi connectivity index (χ1v) is 10.4. The van der Waals surface area contributed by atoms with Gasteiger partial charge in [0, 0.05) is 47.6 Å². The number of nitrogens with zero attached hydrogens (tertiary/aromatic N) is 6. The molecular weight excluding hydrogens is 435 g/mol. The molecule has 0 saturated carbocycles. The predicted molar refractivity (Wildman–Crippen MR) is 114 cm³/mol. The van der Waals surface area contributed by atoms with Gasteiger partial charge in [0.25, 0.3) is 0 Å². The molecule has 5 rings (SSSR count). The molecule has 1 unspecified atom stereocenters. The van der Waals surface area contributed by atoms with Crippen LogP contribution in [0.15, 0.2) is 36.7 Å². The Kier molecular flexibility index (Phi) is 5.03. The van der Waals surface area contributed by atoms with Crippen LogP contribution in [0.1, 0.15) is 43.3 Å². The van der Waals surface area contributed by atoms with Crippen molar-refractivity contribution in [3.8, 4) is 28.3 Å². The van der Waals surface area contributed by atoms with Crippen LogP contribution >= 0.6 is 0 Å². The van der Waals surface area contributed by atoms with Crippen molar-refractivity contribution < 1.29 is 17.9 Å². The number of nitrogens with two attached hydrogens (primary N) is 1. The first kappa shape index (κ1) is 21.0. The quantitative estimate of drug-likeness (QED) is 0.482. The molecule has 1 aliphatic rings. The van der Waals surface area contributed by atoms with E-state index in [1.165, 1.54) is 24.4 Å². The van der Waals surface area contributed by atoms with Crippen molar-refractivity contribution >= 4 is 5.82 Å². The highest BCUT2D eigenvalue weighted by atomic mass is 19.3. The molecule has 0 amide bonds. The van der Waals surface area contributed by atoms with E-state index in [2.05, 4.69) is 20.4 Å². The first-order valence-electron chi connectivity index (χ1n) is 10.4. The summed E-state index contributed by atoms with van der Waals surface area (Å²) < 4.78 is 49.7. The number of aromatic nitrogens is 6. The molecule has 2 bridgehead atoms. The molecule has 33 heavy (non-hydrogen) atoms. The molecule has 0 aliphatic carbocycles. The fourth-order valence-electron chi connectivity index (χ4n) is 4.09. The van der Waals surface area contributed by atoms with Gasteiger partial charge in [-0.1, -0.05) is 5.21 Å². The predicted octanol–water partition coefficient (Wildman–Crippen LogP) is 4.38. The summed E-state index contributed by atoms with van der Waals surface area (Å²) in [6.07, 6.45) is 2.38. The molecule has 0 saturated heterocycles. The number of fused-ring (bicyclic) bond motifs is 7. The summed E-state index contributed by atoms with van der Waals surface area (Å²) in [7, 11) is 0. The van der Waals surface area contributed by atoms with Crippen molar-refractivity contribution in [1.82, 2.24) is 29.8 Å². The molecule has 0 radical (unpaired) electrons. The summed E-state index contributed by atoms with van der Waals surface area (Å²) in [5, 5.41) is 12.6. The second-order valence-electron chi connectivity index (χ2n) is 7.74. The Hall–Kier alpha value is -3.89. The third kappa shape index (κ3) is 3.59. The SMILES string of the molecule is CCn1nnc2c1-c1cnc(N)c(c1)OC(C)c1cc(F)ccc1-c1nn(C(F)F)cc1C2. The van der Waals surface area contributed by atoms with E-state index in [0.29, 0.717) is 56.3 Å². The monoisotopic (exact) mass is 455 g/mol. The van der Waals surface area contributed by atoms with E-state index in [1.54, 1.807) is 23.9 Å². The highest BCUT2D eigenvalue weighted by Gasteiger charge is 2.26. The second kappa shape index (κ2) is 7.91. The Morgan fingerprint density at radius 3 is 2.85 bits per heavy atom. The van der Waals surface area contributed by atoms with E-state index in [9.17, 15) is 13.2 Å². The summed E-state index contributed by atoms with van der Waals surface area (Å²) >= 11 is 0. The van der Waals surface area contributed by atoms with Gasteiger partial charge in [-0.3, -0.25) is 0 Å². The van der Waals surface area contributed by atoms with Gasteiger partial charge >= 0.3 is 6.55 Å². The molecule has 3 aromatic heterocycles. The normalized spacial score (nSPS) is 15.2. The van der Waals surface area contributed by atoms with Crippen LogP contribution in [0.5, 0.6) is 5.75 Å². The zero-order chi connectivity index (χ0) is 23.3. The number of benzene rings is 1. The number of rotatable bonds is 2.